The van der Waals surface area contributed by atoms with Crippen LogP contribution in [0.2, 0.25) is 5.02 Å². The molecule has 7 nitrogen and oxygen atoms in total. The van der Waals surface area contributed by atoms with E-state index in [0.29, 0.717) is 96.4 Å². The minimum absolute atomic E-state index is 0.0805. The maximum absolute atomic E-state index is 13.4. The lowest BCUT2D eigenvalue weighted by Gasteiger charge is -2.44. The van der Waals surface area contributed by atoms with Gasteiger partial charge in [-0.2, -0.15) is 0 Å². The zero-order valence-electron chi connectivity index (χ0n) is 21.3. The molecule has 2 aromatic rings. The van der Waals surface area contributed by atoms with Crippen molar-refractivity contribution in [3.05, 3.63) is 81.2 Å². The highest BCUT2D eigenvalue weighted by Gasteiger charge is 2.43. The van der Waals surface area contributed by atoms with Crippen molar-refractivity contribution in [3.8, 4) is 11.5 Å². The molecule has 0 radical (unpaired) electrons. The molecule has 198 valence electrons. The molecule has 1 heterocycles. The van der Waals surface area contributed by atoms with Crippen molar-refractivity contribution >= 4 is 29.1 Å². The minimum Gasteiger partial charge on any atom is -0.548 e. The highest BCUT2D eigenvalue weighted by atomic mass is 35.5. The number of carbonyl (C=O) groups is 3. The summed E-state index contributed by atoms with van der Waals surface area (Å²) in [7, 11) is 0. The number of benzene rings is 2. The number of ketones is 2. The molecule has 3 aliphatic rings. The summed E-state index contributed by atoms with van der Waals surface area (Å²) in [4.78, 5) is 40.1. The van der Waals surface area contributed by atoms with E-state index in [9.17, 15) is 19.5 Å². The Balaban J connectivity index is 1.63. The van der Waals surface area contributed by atoms with Crippen LogP contribution in [0.15, 0.2) is 65.0 Å². The molecule has 0 amide bonds. The van der Waals surface area contributed by atoms with Crippen molar-refractivity contribution < 1.29 is 29.0 Å². The molecule has 0 bridgehead atoms. The average Bonchev–Trinajstić information content (AvgIpc) is 2.89. The summed E-state index contributed by atoms with van der Waals surface area (Å²) in [6.07, 6.45) is 3.05. The van der Waals surface area contributed by atoms with E-state index in [1.165, 1.54) is 0 Å². The first-order chi connectivity index (χ1) is 18.4. The lowest BCUT2D eigenvalue weighted by Crippen LogP contribution is -2.44. The van der Waals surface area contributed by atoms with Crippen LogP contribution in [0.4, 0.5) is 0 Å². The Morgan fingerprint density at radius 2 is 1.61 bits per heavy atom. The van der Waals surface area contributed by atoms with Crippen LogP contribution in [0.3, 0.4) is 0 Å². The number of aliphatic carboxylic acids is 1. The molecule has 0 saturated carbocycles. The highest BCUT2D eigenvalue weighted by molar-refractivity contribution is 6.32. The third kappa shape index (κ3) is 4.95. The molecular weight excluding hydrogens is 506 g/mol. The number of carbonyl (C=O) groups excluding carboxylic acids is 3. The Bertz CT molecular complexity index is 1300. The van der Waals surface area contributed by atoms with Crippen molar-refractivity contribution in [2.24, 2.45) is 0 Å². The fourth-order valence-electron chi connectivity index (χ4n) is 5.76. The second kappa shape index (κ2) is 11.0. The van der Waals surface area contributed by atoms with Gasteiger partial charge in [-0.1, -0.05) is 41.9 Å². The number of nitrogens with zero attached hydrogens (tertiary/aromatic N) is 1. The molecule has 38 heavy (non-hydrogen) atoms. The number of halogens is 1. The van der Waals surface area contributed by atoms with E-state index >= 15 is 0 Å². The summed E-state index contributed by atoms with van der Waals surface area (Å²) >= 11 is 6.77. The zero-order valence-corrected chi connectivity index (χ0v) is 22.0. The van der Waals surface area contributed by atoms with Crippen molar-refractivity contribution in [1.82, 2.24) is 4.90 Å². The normalized spacial score (nSPS) is 17.9. The predicted octanol–water partition coefficient (Wildman–Crippen LogP) is 4.48. The van der Waals surface area contributed by atoms with Crippen molar-refractivity contribution in [1.29, 1.82) is 0 Å². The molecule has 8 heteroatoms. The lowest BCUT2D eigenvalue weighted by molar-refractivity contribution is -0.305. The quantitative estimate of drug-likeness (QED) is 0.492. The van der Waals surface area contributed by atoms with Gasteiger partial charge < -0.3 is 24.3 Å². The van der Waals surface area contributed by atoms with Gasteiger partial charge in [0.25, 0.3) is 0 Å². The summed E-state index contributed by atoms with van der Waals surface area (Å²) in [6.45, 7) is 2.13. The Morgan fingerprint density at radius 3 is 2.18 bits per heavy atom. The number of Topliss-reactive ketones (excluding diaryl/α,β-unsaturated/α-hetero) is 2. The third-order valence-electron chi connectivity index (χ3n) is 7.26. The van der Waals surface area contributed by atoms with Crippen LogP contribution < -0.4 is 14.6 Å². The molecule has 2 aliphatic carbocycles. The summed E-state index contributed by atoms with van der Waals surface area (Å²) in [6, 6.07) is 13.2. The molecule has 0 saturated heterocycles. The van der Waals surface area contributed by atoms with Crippen LogP contribution in [0, 0.1) is 0 Å². The number of carboxylic acid groups (broad SMARTS) is 1. The Hall–Kier alpha value is -3.58. The molecule has 0 atom stereocenters. The first-order valence-electron chi connectivity index (χ1n) is 13.0. The van der Waals surface area contributed by atoms with Crippen LogP contribution in [0.25, 0.3) is 0 Å². The van der Waals surface area contributed by atoms with Crippen LogP contribution in [-0.2, 0) is 21.0 Å². The third-order valence-corrected chi connectivity index (χ3v) is 7.55. The van der Waals surface area contributed by atoms with E-state index in [-0.39, 0.29) is 18.1 Å². The fraction of sp³-hybridized carbons (Fsp3) is 0.367. The smallest absolute Gasteiger partial charge is 0.180 e. The number of carboxylic acids is 1. The lowest BCUT2D eigenvalue weighted by atomic mass is 9.71. The van der Waals surface area contributed by atoms with Crippen molar-refractivity contribution in [2.45, 2.75) is 58.0 Å². The molecule has 0 N–H and O–H groups in total. The average molecular weight is 535 g/mol. The standard InChI is InChI=1S/C30H30ClNO6/c1-2-37-25-15-19(14-20(31)30(25)38-17-18-8-4-3-5-9-18)27-28-21(10-6-12-23(28)33)32(16-26(35)36)22-11-7-13-24(34)29(22)27/h3-5,8-9,14-15,27H,2,6-7,10-13,16-17H2,1H3,(H,35,36)/p-1. The molecule has 0 spiro atoms. The van der Waals surface area contributed by atoms with Gasteiger partial charge in [-0.05, 0) is 55.9 Å². The van der Waals surface area contributed by atoms with Crippen LogP contribution in [-0.4, -0.2) is 35.6 Å². The number of rotatable bonds is 8. The molecular formula is C30H29ClNO6-. The van der Waals surface area contributed by atoms with Gasteiger partial charge in [-0.3, -0.25) is 9.59 Å². The van der Waals surface area contributed by atoms with E-state index in [1.54, 1.807) is 17.0 Å². The van der Waals surface area contributed by atoms with Crippen molar-refractivity contribution in [3.63, 3.8) is 0 Å². The monoisotopic (exact) mass is 534 g/mol. The first-order valence-corrected chi connectivity index (χ1v) is 13.4. The molecule has 0 aromatic heterocycles. The summed E-state index contributed by atoms with van der Waals surface area (Å²) < 4.78 is 12.0. The largest absolute Gasteiger partial charge is 0.548 e. The topological polar surface area (TPSA) is 96.0 Å². The molecule has 0 unspecified atom stereocenters. The molecule has 0 fully saturated rings. The second-order valence-electron chi connectivity index (χ2n) is 9.70. The van der Waals surface area contributed by atoms with Gasteiger partial charge in [0, 0.05) is 41.3 Å². The SMILES string of the molecule is CCOc1cc(C2C3=C(CCCC3=O)N(CC(=O)[O-])C3=C2C(=O)CCC3)cc(Cl)c1OCc1ccccc1. The van der Waals surface area contributed by atoms with Gasteiger partial charge in [0.1, 0.15) is 6.61 Å². The van der Waals surface area contributed by atoms with Crippen LogP contribution in [0.1, 0.15) is 62.5 Å². The Labute approximate surface area is 226 Å². The highest BCUT2D eigenvalue weighted by Crippen LogP contribution is 2.51. The summed E-state index contributed by atoms with van der Waals surface area (Å²) in [5.41, 5.74) is 3.92. The Kier molecular flexibility index (Phi) is 7.56. The Morgan fingerprint density at radius 1 is 0.974 bits per heavy atom. The summed E-state index contributed by atoms with van der Waals surface area (Å²) in [5.74, 6) is -1.23. The number of hydrogen-bond donors (Lipinski definition) is 0. The van der Waals surface area contributed by atoms with Gasteiger partial charge in [0.05, 0.1) is 24.1 Å². The van der Waals surface area contributed by atoms with Gasteiger partial charge >= 0.3 is 0 Å². The second-order valence-corrected chi connectivity index (χ2v) is 10.1. The molecule has 5 rings (SSSR count). The number of ether oxygens (including phenoxy) is 2. The van der Waals surface area contributed by atoms with Crippen LogP contribution in [0.5, 0.6) is 11.5 Å². The van der Waals surface area contributed by atoms with Crippen molar-refractivity contribution in [2.75, 3.05) is 13.2 Å². The molecule has 1 aliphatic heterocycles. The first kappa shape index (κ1) is 26.0. The fourth-order valence-corrected chi connectivity index (χ4v) is 6.03. The predicted molar refractivity (Wildman–Crippen MR) is 140 cm³/mol. The van der Waals surface area contributed by atoms with Crippen LogP contribution >= 0.6 is 11.6 Å². The maximum atomic E-state index is 13.4. The van der Waals surface area contributed by atoms with E-state index in [4.69, 9.17) is 21.1 Å². The van der Waals surface area contributed by atoms with E-state index in [2.05, 4.69) is 0 Å². The summed E-state index contributed by atoms with van der Waals surface area (Å²) in [5, 5.41) is 12.0. The number of hydrogen-bond acceptors (Lipinski definition) is 7. The van der Waals surface area contributed by atoms with E-state index in [1.807, 2.05) is 37.3 Å². The van der Waals surface area contributed by atoms with Gasteiger partial charge in [-0.15, -0.1) is 0 Å². The maximum Gasteiger partial charge on any atom is 0.180 e. The number of allylic oxidation sites excluding steroid dienone is 4. The minimum atomic E-state index is -1.25. The molecule has 2 aromatic carbocycles. The van der Waals surface area contributed by atoms with E-state index in [0.717, 1.165) is 5.56 Å². The van der Waals surface area contributed by atoms with Gasteiger partial charge in [0.2, 0.25) is 0 Å². The zero-order chi connectivity index (χ0) is 26.8. The van der Waals surface area contributed by atoms with E-state index < -0.39 is 11.9 Å². The van der Waals surface area contributed by atoms with Gasteiger partial charge in [0.15, 0.2) is 23.1 Å². The van der Waals surface area contributed by atoms with Gasteiger partial charge in [-0.25, -0.2) is 0 Å².